The van der Waals surface area contributed by atoms with Gasteiger partial charge < -0.3 is 5.11 Å². The number of phenols is 1. The van der Waals surface area contributed by atoms with E-state index in [4.69, 9.17) is 11.6 Å². The number of aryl methyl sites for hydroxylation is 1. The molecule has 0 saturated carbocycles. The lowest BCUT2D eigenvalue weighted by Crippen LogP contribution is -2.04. The zero-order valence-corrected chi connectivity index (χ0v) is 13.2. The standard InChI is InChI=1S/C15H13ClF3NOS/c1-2-14-12(13(16)3-4-20-14)8-22-11-6-9(15(17,18)19)5-10(21)7-11/h3-7,21H,2,8H2,1H3. The first-order valence-corrected chi connectivity index (χ1v) is 7.84. The summed E-state index contributed by atoms with van der Waals surface area (Å²) in [6, 6.07) is 4.68. The van der Waals surface area contributed by atoms with Gasteiger partial charge in [0.15, 0.2) is 0 Å². The molecule has 2 rings (SSSR count). The Hall–Kier alpha value is -1.40. The monoisotopic (exact) mass is 347 g/mol. The van der Waals surface area contributed by atoms with E-state index in [0.717, 1.165) is 17.3 Å². The molecule has 0 amide bonds. The molecule has 7 heteroatoms. The van der Waals surface area contributed by atoms with Crippen molar-refractivity contribution in [3.8, 4) is 5.75 Å². The molecule has 0 aliphatic carbocycles. The maximum Gasteiger partial charge on any atom is 0.416 e. The van der Waals surface area contributed by atoms with Crippen molar-refractivity contribution in [2.24, 2.45) is 0 Å². The highest BCUT2D eigenvalue weighted by atomic mass is 35.5. The molecule has 1 N–H and O–H groups in total. The van der Waals surface area contributed by atoms with E-state index in [0.29, 0.717) is 28.2 Å². The Morgan fingerprint density at radius 2 is 2.00 bits per heavy atom. The van der Waals surface area contributed by atoms with Crippen LogP contribution >= 0.6 is 23.4 Å². The molecule has 118 valence electrons. The summed E-state index contributed by atoms with van der Waals surface area (Å²) in [5, 5.41) is 10.00. The number of benzene rings is 1. The van der Waals surface area contributed by atoms with Crippen LogP contribution < -0.4 is 0 Å². The first-order chi connectivity index (χ1) is 10.3. The van der Waals surface area contributed by atoms with Gasteiger partial charge >= 0.3 is 6.18 Å². The van der Waals surface area contributed by atoms with Gasteiger partial charge in [0.2, 0.25) is 0 Å². The summed E-state index contributed by atoms with van der Waals surface area (Å²) < 4.78 is 38.2. The van der Waals surface area contributed by atoms with Crippen LogP contribution in [0.3, 0.4) is 0 Å². The van der Waals surface area contributed by atoms with Gasteiger partial charge in [-0.3, -0.25) is 4.98 Å². The fourth-order valence-corrected chi connectivity index (χ4v) is 3.31. The van der Waals surface area contributed by atoms with Gasteiger partial charge in [-0.2, -0.15) is 13.2 Å². The Balaban J connectivity index is 2.24. The number of pyridine rings is 1. The number of phenolic OH excluding ortho intramolecular Hbond substituents is 1. The molecule has 22 heavy (non-hydrogen) atoms. The predicted octanol–water partition coefficient (Wildman–Crippen LogP) is 5.31. The second-order valence-electron chi connectivity index (χ2n) is 4.57. The van der Waals surface area contributed by atoms with Crippen molar-refractivity contribution in [1.82, 2.24) is 4.98 Å². The molecular weight excluding hydrogens is 335 g/mol. The molecule has 1 aromatic heterocycles. The van der Waals surface area contributed by atoms with Gasteiger partial charge in [0.25, 0.3) is 0 Å². The highest BCUT2D eigenvalue weighted by molar-refractivity contribution is 7.98. The van der Waals surface area contributed by atoms with Crippen LogP contribution in [0.2, 0.25) is 5.02 Å². The molecule has 0 saturated heterocycles. The number of thioether (sulfide) groups is 1. The van der Waals surface area contributed by atoms with Crippen LogP contribution in [0.25, 0.3) is 0 Å². The molecule has 0 atom stereocenters. The van der Waals surface area contributed by atoms with Gasteiger partial charge in [-0.05, 0) is 30.7 Å². The van der Waals surface area contributed by atoms with Crippen molar-refractivity contribution in [1.29, 1.82) is 0 Å². The van der Waals surface area contributed by atoms with Crippen molar-refractivity contribution >= 4 is 23.4 Å². The Kier molecular flexibility index (Phi) is 5.24. The summed E-state index contributed by atoms with van der Waals surface area (Å²) in [5.41, 5.74) is 0.743. The molecule has 0 radical (unpaired) electrons. The normalized spacial score (nSPS) is 11.7. The smallest absolute Gasteiger partial charge is 0.416 e. The van der Waals surface area contributed by atoms with E-state index in [1.807, 2.05) is 6.92 Å². The number of halogens is 4. The number of hydrogen-bond donors (Lipinski definition) is 1. The van der Waals surface area contributed by atoms with Gasteiger partial charge in [-0.15, -0.1) is 11.8 Å². The lowest BCUT2D eigenvalue weighted by atomic mass is 10.2. The van der Waals surface area contributed by atoms with Crippen LogP contribution in [0.15, 0.2) is 35.4 Å². The van der Waals surface area contributed by atoms with Gasteiger partial charge in [-0.25, -0.2) is 0 Å². The minimum atomic E-state index is -4.49. The van der Waals surface area contributed by atoms with E-state index in [9.17, 15) is 18.3 Å². The predicted molar refractivity (Wildman–Crippen MR) is 81.3 cm³/mol. The Morgan fingerprint density at radius 3 is 2.64 bits per heavy atom. The summed E-state index contributed by atoms with van der Waals surface area (Å²) in [6.45, 7) is 1.93. The molecular formula is C15H13ClF3NOS. The number of alkyl halides is 3. The molecule has 2 nitrogen and oxygen atoms in total. The molecule has 0 bridgehead atoms. The van der Waals surface area contributed by atoms with Crippen LogP contribution in [0.4, 0.5) is 13.2 Å². The van der Waals surface area contributed by atoms with Crippen LogP contribution in [0, 0.1) is 0 Å². The average molecular weight is 348 g/mol. The van der Waals surface area contributed by atoms with Crippen molar-refractivity contribution in [3.63, 3.8) is 0 Å². The second-order valence-corrected chi connectivity index (χ2v) is 6.03. The summed E-state index contributed by atoms with van der Waals surface area (Å²) in [7, 11) is 0. The fraction of sp³-hybridized carbons (Fsp3) is 0.267. The molecule has 0 aliphatic heterocycles. The fourth-order valence-electron chi connectivity index (χ4n) is 1.95. The molecule has 1 aromatic carbocycles. The van der Waals surface area contributed by atoms with Gasteiger partial charge in [-0.1, -0.05) is 18.5 Å². The molecule has 0 spiro atoms. The van der Waals surface area contributed by atoms with E-state index >= 15 is 0 Å². The topological polar surface area (TPSA) is 33.1 Å². The molecule has 0 unspecified atom stereocenters. The van der Waals surface area contributed by atoms with Crippen molar-refractivity contribution in [2.45, 2.75) is 30.2 Å². The maximum absolute atomic E-state index is 12.7. The van der Waals surface area contributed by atoms with Crippen LogP contribution in [0.1, 0.15) is 23.7 Å². The number of nitrogens with zero attached hydrogens (tertiary/aromatic N) is 1. The second kappa shape index (κ2) is 6.79. The summed E-state index contributed by atoms with van der Waals surface area (Å²) in [6.07, 6.45) is -2.20. The number of aromatic nitrogens is 1. The van der Waals surface area contributed by atoms with E-state index < -0.39 is 17.5 Å². The Labute approximate surface area is 135 Å². The third-order valence-corrected chi connectivity index (χ3v) is 4.38. The summed E-state index contributed by atoms with van der Waals surface area (Å²) in [4.78, 5) is 4.55. The molecule has 1 heterocycles. The number of rotatable bonds is 4. The Bertz CT molecular complexity index is 676. The van der Waals surface area contributed by atoms with E-state index in [1.165, 1.54) is 17.8 Å². The van der Waals surface area contributed by atoms with Crippen LogP contribution in [-0.4, -0.2) is 10.1 Å². The third-order valence-electron chi connectivity index (χ3n) is 3.02. The third kappa shape index (κ3) is 4.08. The maximum atomic E-state index is 12.7. The van der Waals surface area contributed by atoms with Crippen LogP contribution in [-0.2, 0) is 18.3 Å². The quantitative estimate of drug-likeness (QED) is 0.760. The first kappa shape index (κ1) is 17.0. The largest absolute Gasteiger partial charge is 0.508 e. The highest BCUT2D eigenvalue weighted by Crippen LogP contribution is 2.36. The SMILES string of the molecule is CCc1nccc(Cl)c1CSc1cc(O)cc(C(F)(F)F)c1. The minimum Gasteiger partial charge on any atom is -0.508 e. The van der Waals surface area contributed by atoms with E-state index in [2.05, 4.69) is 4.98 Å². The van der Waals surface area contributed by atoms with Crippen molar-refractivity contribution in [2.75, 3.05) is 0 Å². The van der Waals surface area contributed by atoms with Gasteiger partial charge in [0, 0.05) is 33.1 Å². The number of aromatic hydroxyl groups is 1. The Morgan fingerprint density at radius 1 is 1.27 bits per heavy atom. The van der Waals surface area contributed by atoms with E-state index in [-0.39, 0.29) is 0 Å². The zero-order chi connectivity index (χ0) is 16.3. The zero-order valence-electron chi connectivity index (χ0n) is 11.6. The molecule has 0 fully saturated rings. The van der Waals surface area contributed by atoms with Gasteiger partial charge in [0.1, 0.15) is 5.75 Å². The highest BCUT2D eigenvalue weighted by Gasteiger charge is 2.31. The molecule has 0 aliphatic rings. The minimum absolute atomic E-state index is 0.328. The average Bonchev–Trinajstić information content (AvgIpc) is 2.44. The summed E-state index contributed by atoms with van der Waals surface area (Å²) >= 11 is 7.30. The summed E-state index contributed by atoms with van der Waals surface area (Å²) in [5.74, 6) is -0.0262. The lowest BCUT2D eigenvalue weighted by Gasteiger charge is -2.11. The van der Waals surface area contributed by atoms with Crippen LogP contribution in [0.5, 0.6) is 5.75 Å². The van der Waals surface area contributed by atoms with Crippen molar-refractivity contribution < 1.29 is 18.3 Å². The van der Waals surface area contributed by atoms with Crippen molar-refractivity contribution in [3.05, 3.63) is 52.3 Å². The molecule has 2 aromatic rings. The van der Waals surface area contributed by atoms with Gasteiger partial charge in [0.05, 0.1) is 5.56 Å². The number of hydrogen-bond acceptors (Lipinski definition) is 3. The van der Waals surface area contributed by atoms with E-state index in [1.54, 1.807) is 12.3 Å². The first-order valence-electron chi connectivity index (χ1n) is 6.47. The lowest BCUT2D eigenvalue weighted by molar-refractivity contribution is -0.137.